The third kappa shape index (κ3) is 3.09. The van der Waals surface area contributed by atoms with Gasteiger partial charge >= 0.3 is 0 Å². The van der Waals surface area contributed by atoms with Crippen molar-refractivity contribution in [3.63, 3.8) is 0 Å². The summed E-state index contributed by atoms with van der Waals surface area (Å²) in [7, 11) is -2.51. The molecule has 0 saturated carbocycles. The number of nitrogen functional groups attached to an aromatic ring is 1. The Labute approximate surface area is 120 Å². The molecule has 20 heavy (non-hydrogen) atoms. The minimum Gasteiger partial charge on any atom is -0.495 e. The Morgan fingerprint density at radius 3 is 2.70 bits per heavy atom. The second kappa shape index (κ2) is 5.51. The Morgan fingerprint density at radius 2 is 2.05 bits per heavy atom. The lowest BCUT2D eigenvalue weighted by Crippen LogP contribution is -2.15. The third-order valence-corrected chi connectivity index (χ3v) is 3.95. The fourth-order valence-electron chi connectivity index (χ4n) is 1.49. The molecule has 0 aliphatic rings. The fraction of sp³-hybridized carbons (Fsp3) is 0.0909. The van der Waals surface area contributed by atoms with E-state index in [1.807, 2.05) is 0 Å². The number of methoxy groups -OCH3 is 1. The monoisotopic (exact) mass is 314 g/mol. The van der Waals surface area contributed by atoms with Gasteiger partial charge in [0.2, 0.25) is 0 Å². The lowest BCUT2D eigenvalue weighted by Gasteiger charge is -2.11. The number of nitrogens with one attached hydrogen (secondary N) is 1. The number of anilines is 2. The van der Waals surface area contributed by atoms with Gasteiger partial charge in [-0.25, -0.2) is 18.4 Å². The highest BCUT2D eigenvalue weighted by atomic mass is 35.5. The van der Waals surface area contributed by atoms with Gasteiger partial charge in [0.05, 0.1) is 7.11 Å². The standard InChI is InChI=1S/C11H11ClN4O3S/c1-19-8-4-7(13)2-3-9(8)20(17,18)16-11-5-10(12)14-6-15-11/h2-6H,13H2,1H3,(H,14,15,16). The van der Waals surface area contributed by atoms with Crippen molar-refractivity contribution in [3.05, 3.63) is 35.7 Å². The number of aromatic nitrogens is 2. The number of hydrogen-bond donors (Lipinski definition) is 2. The van der Waals surface area contributed by atoms with Gasteiger partial charge < -0.3 is 10.5 Å². The topological polar surface area (TPSA) is 107 Å². The van der Waals surface area contributed by atoms with Crippen LogP contribution in [0.15, 0.2) is 35.5 Å². The number of nitrogens with zero attached hydrogens (tertiary/aromatic N) is 2. The van der Waals surface area contributed by atoms with E-state index in [0.717, 1.165) is 6.33 Å². The van der Waals surface area contributed by atoms with Gasteiger partial charge in [-0.3, -0.25) is 4.72 Å². The summed E-state index contributed by atoms with van der Waals surface area (Å²) < 4.78 is 31.8. The smallest absolute Gasteiger partial charge is 0.266 e. The van der Waals surface area contributed by atoms with Crippen LogP contribution >= 0.6 is 11.6 Å². The van der Waals surface area contributed by atoms with Crippen molar-refractivity contribution >= 4 is 33.1 Å². The van der Waals surface area contributed by atoms with Gasteiger partial charge in [-0.15, -0.1) is 0 Å². The first-order chi connectivity index (χ1) is 9.42. The molecule has 2 aromatic rings. The van der Waals surface area contributed by atoms with Crippen molar-refractivity contribution < 1.29 is 13.2 Å². The molecule has 106 valence electrons. The maximum atomic E-state index is 12.3. The average Bonchev–Trinajstić information content (AvgIpc) is 2.37. The van der Waals surface area contributed by atoms with E-state index in [1.54, 1.807) is 0 Å². The van der Waals surface area contributed by atoms with Crippen molar-refractivity contribution in [1.82, 2.24) is 9.97 Å². The Hall–Kier alpha value is -2.06. The number of hydrogen-bond acceptors (Lipinski definition) is 6. The minimum absolute atomic E-state index is 0.0519. The Bertz CT molecular complexity index is 736. The van der Waals surface area contributed by atoms with Gasteiger partial charge in [0, 0.05) is 17.8 Å². The molecule has 0 bridgehead atoms. The molecular formula is C11H11ClN4O3S. The molecule has 7 nitrogen and oxygen atoms in total. The fourth-order valence-corrected chi connectivity index (χ4v) is 2.79. The lowest BCUT2D eigenvalue weighted by molar-refractivity contribution is 0.403. The van der Waals surface area contributed by atoms with Crippen LogP contribution in [0.3, 0.4) is 0 Å². The number of sulfonamides is 1. The first-order valence-corrected chi connectivity index (χ1v) is 7.22. The molecule has 0 fully saturated rings. The van der Waals surface area contributed by atoms with Gasteiger partial charge in [0.25, 0.3) is 10.0 Å². The summed E-state index contributed by atoms with van der Waals surface area (Å²) in [6.45, 7) is 0. The molecule has 0 radical (unpaired) electrons. The zero-order valence-electron chi connectivity index (χ0n) is 10.4. The third-order valence-electron chi connectivity index (χ3n) is 2.35. The second-order valence-corrected chi connectivity index (χ2v) is 5.78. The van der Waals surface area contributed by atoms with Crippen molar-refractivity contribution in [3.8, 4) is 5.75 Å². The molecule has 0 aliphatic carbocycles. The summed E-state index contributed by atoms with van der Waals surface area (Å²) in [6, 6.07) is 5.52. The molecule has 3 N–H and O–H groups in total. The molecule has 0 unspecified atom stereocenters. The van der Waals surface area contributed by atoms with E-state index in [1.165, 1.54) is 31.4 Å². The van der Waals surface area contributed by atoms with E-state index in [2.05, 4.69) is 14.7 Å². The molecule has 2 rings (SSSR count). The van der Waals surface area contributed by atoms with E-state index < -0.39 is 10.0 Å². The summed E-state index contributed by atoms with van der Waals surface area (Å²) in [5, 5.41) is 0.127. The predicted octanol–water partition coefficient (Wildman–Crippen LogP) is 1.52. The quantitative estimate of drug-likeness (QED) is 0.654. The number of ether oxygens (including phenoxy) is 1. The van der Waals surface area contributed by atoms with Crippen LogP contribution < -0.4 is 15.2 Å². The van der Waals surface area contributed by atoms with Gasteiger partial charge in [-0.2, -0.15) is 0 Å². The van der Waals surface area contributed by atoms with Gasteiger partial charge in [0.15, 0.2) is 0 Å². The summed E-state index contributed by atoms with van der Waals surface area (Å²) in [5.74, 6) is 0.196. The van der Waals surface area contributed by atoms with Gasteiger partial charge in [-0.05, 0) is 12.1 Å². The van der Waals surface area contributed by atoms with E-state index >= 15 is 0 Å². The average molecular weight is 315 g/mol. The van der Waals surface area contributed by atoms with Crippen LogP contribution in [0.5, 0.6) is 5.75 Å². The molecule has 0 saturated heterocycles. The molecule has 1 aromatic heterocycles. The largest absolute Gasteiger partial charge is 0.495 e. The van der Waals surface area contributed by atoms with Crippen LogP contribution in [0.1, 0.15) is 0 Å². The number of nitrogens with two attached hydrogens (primary N) is 1. The van der Waals surface area contributed by atoms with Crippen LogP contribution in [0.4, 0.5) is 11.5 Å². The van der Waals surface area contributed by atoms with Crippen LogP contribution in [0.2, 0.25) is 5.15 Å². The predicted molar refractivity (Wildman–Crippen MR) is 75.3 cm³/mol. The van der Waals surface area contributed by atoms with E-state index in [0.29, 0.717) is 5.69 Å². The molecule has 0 spiro atoms. The van der Waals surface area contributed by atoms with Crippen molar-refractivity contribution in [2.45, 2.75) is 4.90 Å². The van der Waals surface area contributed by atoms with Crippen LogP contribution in [0.25, 0.3) is 0 Å². The number of benzene rings is 1. The Kier molecular flexibility index (Phi) is 3.96. The van der Waals surface area contributed by atoms with E-state index in [-0.39, 0.29) is 21.6 Å². The van der Waals surface area contributed by atoms with Crippen molar-refractivity contribution in [1.29, 1.82) is 0 Å². The number of rotatable bonds is 4. The Morgan fingerprint density at radius 1 is 1.30 bits per heavy atom. The summed E-state index contributed by atoms with van der Waals surface area (Å²) in [6.07, 6.45) is 1.15. The zero-order valence-corrected chi connectivity index (χ0v) is 11.9. The highest BCUT2D eigenvalue weighted by Crippen LogP contribution is 2.27. The maximum absolute atomic E-state index is 12.3. The summed E-state index contributed by atoms with van der Waals surface area (Å²) in [4.78, 5) is 7.39. The van der Waals surface area contributed by atoms with Crippen LogP contribution in [-0.2, 0) is 10.0 Å². The molecule has 0 aliphatic heterocycles. The number of halogens is 1. The molecule has 0 atom stereocenters. The normalized spacial score (nSPS) is 11.1. The van der Waals surface area contributed by atoms with Crippen molar-refractivity contribution in [2.24, 2.45) is 0 Å². The highest BCUT2D eigenvalue weighted by molar-refractivity contribution is 7.92. The second-order valence-electron chi connectivity index (χ2n) is 3.74. The van der Waals surface area contributed by atoms with E-state index in [4.69, 9.17) is 22.1 Å². The summed E-state index contributed by atoms with van der Waals surface area (Å²) >= 11 is 5.67. The van der Waals surface area contributed by atoms with Gasteiger partial charge in [-0.1, -0.05) is 11.6 Å². The molecular weight excluding hydrogens is 304 g/mol. The molecule has 1 heterocycles. The SMILES string of the molecule is COc1cc(N)ccc1S(=O)(=O)Nc1cc(Cl)ncn1. The molecule has 1 aromatic carbocycles. The van der Waals surface area contributed by atoms with E-state index in [9.17, 15) is 8.42 Å². The van der Waals surface area contributed by atoms with Crippen LogP contribution in [0, 0.1) is 0 Å². The first-order valence-electron chi connectivity index (χ1n) is 5.36. The zero-order chi connectivity index (χ0) is 14.8. The maximum Gasteiger partial charge on any atom is 0.266 e. The highest BCUT2D eigenvalue weighted by Gasteiger charge is 2.20. The summed E-state index contributed by atoms with van der Waals surface area (Å²) in [5.41, 5.74) is 5.98. The van der Waals surface area contributed by atoms with Gasteiger partial charge in [0.1, 0.15) is 27.9 Å². The van der Waals surface area contributed by atoms with Crippen LogP contribution in [-0.4, -0.2) is 25.5 Å². The Balaban J connectivity index is 2.40. The van der Waals surface area contributed by atoms with Crippen molar-refractivity contribution in [2.75, 3.05) is 17.6 Å². The lowest BCUT2D eigenvalue weighted by atomic mass is 10.3. The minimum atomic E-state index is -3.87. The first kappa shape index (κ1) is 14.4. The molecule has 9 heteroatoms. The molecule has 0 amide bonds.